The molecule has 0 aromatic carbocycles. The fourth-order valence-electron chi connectivity index (χ4n) is 10.9. The molecule has 6 atom stereocenters. The number of likely N-dealkylation sites (tertiary alicyclic amines) is 1. The number of Topliss-reactive ketones (excluding diaryl/α,β-unsaturated/α-hetero) is 1. The summed E-state index contributed by atoms with van der Waals surface area (Å²) in [5.41, 5.74) is -2.31. The number of carbonyl (C=O) groups excluding carboxylic acids is 6. The Balaban J connectivity index is 1.29. The van der Waals surface area contributed by atoms with Gasteiger partial charge >= 0.3 is 10.2 Å². The van der Waals surface area contributed by atoms with Crippen LogP contribution >= 0.6 is 0 Å². The summed E-state index contributed by atoms with van der Waals surface area (Å²) in [7, 11) is -4.14. The number of rotatable bonds is 12. The number of ketones is 1. The zero-order valence-corrected chi connectivity index (χ0v) is 37.6. The Morgan fingerprint density at radius 3 is 1.95 bits per heavy atom. The molecule has 0 unspecified atom stereocenters. The van der Waals surface area contributed by atoms with Crippen molar-refractivity contribution in [2.75, 3.05) is 19.6 Å². The second-order valence-corrected chi connectivity index (χ2v) is 22.3. The number of amides is 5. The molecule has 2 spiro atoms. The number of hydrogen-bond donors (Lipinski definition) is 5. The van der Waals surface area contributed by atoms with Gasteiger partial charge in [-0.2, -0.15) is 12.7 Å². The van der Waals surface area contributed by atoms with Gasteiger partial charge in [0.1, 0.15) is 29.4 Å². The number of fused-ring (bicyclic) bond motifs is 1. The van der Waals surface area contributed by atoms with Gasteiger partial charge in [-0.05, 0) is 86.5 Å². The zero-order valence-electron chi connectivity index (χ0n) is 36.7. The quantitative estimate of drug-likeness (QED) is 0.154. The molecular weight excluding hydrogens is 775 g/mol. The highest BCUT2D eigenvalue weighted by atomic mass is 32.2. The molecule has 2 aliphatic heterocycles. The highest BCUT2D eigenvalue weighted by Crippen LogP contribution is 2.88. The minimum Gasteiger partial charge on any atom is -0.354 e. The first-order valence-electron chi connectivity index (χ1n) is 21.0. The molecule has 5 fully saturated rings. The summed E-state index contributed by atoms with van der Waals surface area (Å²) in [6.07, 6.45) is 6.38. The van der Waals surface area contributed by atoms with E-state index in [1.54, 1.807) is 39.5 Å². The van der Waals surface area contributed by atoms with Crippen LogP contribution in [0.25, 0.3) is 0 Å². The van der Waals surface area contributed by atoms with Gasteiger partial charge in [-0.3, -0.25) is 28.8 Å². The van der Waals surface area contributed by atoms with Crippen LogP contribution in [0, 0.1) is 46.8 Å². The van der Waals surface area contributed by atoms with Gasteiger partial charge in [-0.25, -0.2) is 4.72 Å². The molecule has 5 N–H and O–H groups in total. The minimum absolute atomic E-state index is 0.0562. The summed E-state index contributed by atoms with van der Waals surface area (Å²) in [5, 5.41) is 8.72. The number of H-pyrrole nitrogens is 1. The highest BCUT2D eigenvalue weighted by Gasteiger charge is 2.85. The third kappa shape index (κ3) is 7.13. The Morgan fingerprint density at radius 2 is 1.47 bits per heavy atom. The molecule has 16 heteroatoms. The summed E-state index contributed by atoms with van der Waals surface area (Å²) in [4.78, 5) is 89.0. The van der Waals surface area contributed by atoms with Crippen molar-refractivity contribution < 1.29 is 37.2 Å². The van der Waals surface area contributed by atoms with E-state index in [9.17, 15) is 32.4 Å². The summed E-state index contributed by atoms with van der Waals surface area (Å²) in [6, 6.07) is -3.30. The number of hydrogen-bond acceptors (Lipinski definition) is 8. The van der Waals surface area contributed by atoms with E-state index in [4.69, 9.17) is 0 Å². The van der Waals surface area contributed by atoms with E-state index >= 15 is 4.79 Å². The molecule has 5 aliphatic rings. The molecule has 1 aromatic heterocycles. The van der Waals surface area contributed by atoms with Crippen LogP contribution in [0.1, 0.15) is 139 Å². The third-order valence-electron chi connectivity index (χ3n) is 15.0. The zero-order chi connectivity index (χ0) is 44.1. The van der Waals surface area contributed by atoms with Crippen molar-refractivity contribution >= 4 is 45.5 Å². The van der Waals surface area contributed by atoms with Gasteiger partial charge in [0.15, 0.2) is 5.78 Å². The van der Waals surface area contributed by atoms with Crippen molar-refractivity contribution in [2.45, 2.75) is 145 Å². The number of aryl methyl sites for hydroxylation is 1. The molecule has 2 saturated heterocycles. The molecule has 15 nitrogen and oxygen atoms in total. The Hall–Kier alpha value is -4.05. The molecule has 0 bridgehead atoms. The fourth-order valence-corrected chi connectivity index (χ4v) is 12.1. The van der Waals surface area contributed by atoms with E-state index in [1.165, 1.54) is 17.3 Å². The minimum atomic E-state index is -4.14. The molecular formula is C43H65N7O8S. The molecule has 3 heterocycles. The Kier molecular flexibility index (Phi) is 11.0. The van der Waals surface area contributed by atoms with Crippen molar-refractivity contribution in [1.29, 1.82) is 0 Å². The lowest BCUT2D eigenvalue weighted by molar-refractivity contribution is -0.145. The first-order valence-corrected chi connectivity index (χ1v) is 22.5. The average molecular weight is 840 g/mol. The topological polar surface area (TPSA) is 207 Å². The van der Waals surface area contributed by atoms with Crippen molar-refractivity contribution in [3.63, 3.8) is 0 Å². The molecule has 3 aliphatic carbocycles. The summed E-state index contributed by atoms with van der Waals surface area (Å²) >= 11 is 0. The van der Waals surface area contributed by atoms with Gasteiger partial charge in [-0.15, -0.1) is 6.58 Å². The number of aromatic amines is 1. The lowest BCUT2D eigenvalue weighted by atomic mass is 9.73. The van der Waals surface area contributed by atoms with Crippen LogP contribution in [0.3, 0.4) is 0 Å². The maximum atomic E-state index is 15.2. The van der Waals surface area contributed by atoms with Crippen LogP contribution < -0.4 is 20.7 Å². The van der Waals surface area contributed by atoms with E-state index in [-0.39, 0.29) is 46.3 Å². The SMILES string of the molecule is C=C[C@@H]1C[C@]1(NC(=O)[C@@H]1C[C@@]2(CN1C(=O)[C@@H](NC(=O)[C@@H](NC(=O)c1[nH]c(C)c(C)c1C(C)=O)C(C)(C)C)C(C)(C)C)C(C)(C)C21CCC1)C(=O)NS(=O)(=O)N1CCCC1. The van der Waals surface area contributed by atoms with Crippen LogP contribution in [0.5, 0.6) is 0 Å². The molecule has 326 valence electrons. The summed E-state index contributed by atoms with van der Waals surface area (Å²) in [6.45, 7) is 24.8. The maximum absolute atomic E-state index is 15.2. The van der Waals surface area contributed by atoms with Crippen LogP contribution in [-0.2, 0) is 29.4 Å². The van der Waals surface area contributed by atoms with E-state index < -0.39 is 80.2 Å². The number of nitrogens with one attached hydrogen (secondary N) is 5. The lowest BCUT2D eigenvalue weighted by Crippen LogP contribution is -2.63. The van der Waals surface area contributed by atoms with Crippen molar-refractivity contribution in [1.82, 2.24) is 34.9 Å². The van der Waals surface area contributed by atoms with Gasteiger partial charge < -0.3 is 25.8 Å². The monoisotopic (exact) mass is 839 g/mol. The van der Waals surface area contributed by atoms with Crippen molar-refractivity contribution in [2.24, 2.45) is 33.0 Å². The van der Waals surface area contributed by atoms with Crippen molar-refractivity contribution in [3.8, 4) is 0 Å². The van der Waals surface area contributed by atoms with Gasteiger partial charge in [0.25, 0.3) is 11.8 Å². The summed E-state index contributed by atoms with van der Waals surface area (Å²) < 4.78 is 29.7. The van der Waals surface area contributed by atoms with E-state index in [1.807, 2.05) is 20.8 Å². The van der Waals surface area contributed by atoms with Gasteiger partial charge in [0.2, 0.25) is 17.7 Å². The molecule has 5 amide bonds. The number of aromatic nitrogens is 1. The van der Waals surface area contributed by atoms with E-state index in [2.05, 4.69) is 46.1 Å². The molecule has 59 heavy (non-hydrogen) atoms. The van der Waals surface area contributed by atoms with Gasteiger partial charge in [0, 0.05) is 36.7 Å². The van der Waals surface area contributed by atoms with Gasteiger partial charge in [-0.1, -0.05) is 67.9 Å². The second-order valence-electron chi connectivity index (χ2n) is 20.6. The smallest absolute Gasteiger partial charge is 0.303 e. The second kappa shape index (κ2) is 14.6. The Morgan fingerprint density at radius 1 is 0.881 bits per heavy atom. The summed E-state index contributed by atoms with van der Waals surface area (Å²) in [5.74, 6) is -3.94. The largest absolute Gasteiger partial charge is 0.354 e. The number of carbonyl (C=O) groups is 6. The van der Waals surface area contributed by atoms with E-state index in [0.717, 1.165) is 19.3 Å². The van der Waals surface area contributed by atoms with Crippen LogP contribution in [0.2, 0.25) is 0 Å². The third-order valence-corrected chi connectivity index (χ3v) is 16.4. The highest BCUT2D eigenvalue weighted by molar-refractivity contribution is 7.87. The van der Waals surface area contributed by atoms with Gasteiger partial charge in [0.05, 0.1) is 5.56 Å². The van der Waals surface area contributed by atoms with E-state index in [0.29, 0.717) is 43.6 Å². The van der Waals surface area contributed by atoms with Crippen molar-refractivity contribution in [3.05, 3.63) is 35.2 Å². The first kappa shape index (κ1) is 44.5. The van der Waals surface area contributed by atoms with Crippen LogP contribution in [0.4, 0.5) is 0 Å². The molecule has 3 saturated carbocycles. The van der Waals surface area contributed by atoms with Crippen LogP contribution in [0.15, 0.2) is 12.7 Å². The van der Waals surface area contributed by atoms with Crippen LogP contribution in [-0.4, -0.2) is 101 Å². The predicted octanol–water partition coefficient (Wildman–Crippen LogP) is 3.82. The average Bonchev–Trinajstić information content (AvgIpc) is 3.49. The first-order chi connectivity index (χ1) is 27.1. The Bertz CT molecular complexity index is 2080. The molecule has 1 aromatic rings. The lowest BCUT2D eigenvalue weighted by Gasteiger charge is -2.38. The molecule has 0 radical (unpaired) electrons. The fraction of sp³-hybridized carbons (Fsp3) is 0.721. The normalized spacial score (nSPS) is 28.0. The predicted molar refractivity (Wildman–Crippen MR) is 222 cm³/mol. The standard InChI is InChI=1S/C43H65N7O8S/c1-13-27-21-43(27,37(56)48-59(57,58)49-19-14-15-20-49)47-33(52)28-22-42(40(11,12)41(42)17-16-18-41)23-50(28)36(55)32(39(8,9)10)46-35(54)31(38(5,6)7)45-34(53)30-29(26(4)51)24(2)25(3)44-30/h13,27-28,31-32,44H,1,14-23H2,2-12H3,(H,45,53)(H,46,54)(H,47,52)(H,48,56)/t27-,28+,31-,32-,42-,43-/m1/s1. The Labute approximate surface area is 349 Å². The maximum Gasteiger partial charge on any atom is 0.303 e. The number of nitrogens with zero attached hydrogens (tertiary/aromatic N) is 2. The molecule has 6 rings (SSSR count).